The summed E-state index contributed by atoms with van der Waals surface area (Å²) in [6, 6.07) is 8.33. The molecule has 4 aromatic rings. The summed E-state index contributed by atoms with van der Waals surface area (Å²) in [5.74, 6) is -1.04. The Hall–Kier alpha value is -3.68. The molecule has 0 aliphatic carbocycles. The monoisotopic (exact) mass is 351 g/mol. The van der Waals surface area contributed by atoms with Crippen molar-refractivity contribution >= 4 is 22.5 Å². The van der Waals surface area contributed by atoms with Crippen LogP contribution in [-0.2, 0) is 0 Å². The molecule has 8 heteroatoms. The largest absolute Gasteiger partial charge is 0.324 e. The first-order chi connectivity index (χ1) is 12.6. The molecular weight excluding hydrogens is 340 g/mol. The van der Waals surface area contributed by atoms with E-state index >= 15 is 0 Å². The second kappa shape index (κ2) is 6.32. The fourth-order valence-corrected chi connectivity index (χ4v) is 2.57. The van der Waals surface area contributed by atoms with Gasteiger partial charge in [0, 0.05) is 12.3 Å². The average Bonchev–Trinajstić information content (AvgIpc) is 2.63. The van der Waals surface area contributed by atoms with Crippen LogP contribution in [0.25, 0.3) is 16.6 Å². The van der Waals surface area contributed by atoms with E-state index in [1.54, 1.807) is 24.5 Å². The Kier molecular flexibility index (Phi) is 3.85. The number of nitrogens with one attached hydrogen (secondary N) is 1. The van der Waals surface area contributed by atoms with Gasteiger partial charge in [-0.25, -0.2) is 18.3 Å². The Morgan fingerprint density at radius 2 is 1.85 bits per heavy atom. The summed E-state index contributed by atoms with van der Waals surface area (Å²) in [5.41, 5.74) is 0.510. The lowest BCUT2D eigenvalue weighted by atomic mass is 10.2. The molecule has 3 heterocycles. The van der Waals surface area contributed by atoms with Crippen LogP contribution in [0.2, 0.25) is 0 Å². The van der Waals surface area contributed by atoms with Gasteiger partial charge in [0.15, 0.2) is 0 Å². The summed E-state index contributed by atoms with van der Waals surface area (Å²) in [5, 5.41) is 3.06. The predicted octanol–water partition coefficient (Wildman–Crippen LogP) is 3.20. The second-order valence-corrected chi connectivity index (χ2v) is 5.47. The molecule has 1 N–H and O–H groups in total. The standard InChI is InChI=1S/C18H11F2N5O/c19-11-3-4-16-15(7-11)17(26)25(14-6-12(20)8-22-10-14)18(24-16)23-13-2-1-5-21-9-13/h1-10H,(H,23,24). The van der Waals surface area contributed by atoms with Gasteiger partial charge in [-0.1, -0.05) is 0 Å². The van der Waals surface area contributed by atoms with E-state index < -0.39 is 17.2 Å². The molecule has 128 valence electrons. The average molecular weight is 351 g/mol. The van der Waals surface area contributed by atoms with Crippen molar-refractivity contribution in [3.63, 3.8) is 0 Å². The number of fused-ring (bicyclic) bond motifs is 1. The highest BCUT2D eigenvalue weighted by Gasteiger charge is 2.14. The summed E-state index contributed by atoms with van der Waals surface area (Å²) in [6.07, 6.45) is 5.50. The normalized spacial score (nSPS) is 10.8. The molecule has 1 aromatic carbocycles. The molecule has 0 amide bonds. The molecule has 0 radical (unpaired) electrons. The number of hydrogen-bond donors (Lipinski definition) is 1. The summed E-state index contributed by atoms with van der Waals surface area (Å²) < 4.78 is 28.4. The minimum atomic E-state index is -0.610. The van der Waals surface area contributed by atoms with Gasteiger partial charge in [0.1, 0.15) is 11.6 Å². The number of aromatic nitrogens is 4. The zero-order valence-electron chi connectivity index (χ0n) is 13.2. The maximum atomic E-state index is 13.6. The summed E-state index contributed by atoms with van der Waals surface area (Å²) in [6.45, 7) is 0. The van der Waals surface area contributed by atoms with Crippen LogP contribution in [-0.4, -0.2) is 19.5 Å². The fourth-order valence-electron chi connectivity index (χ4n) is 2.57. The van der Waals surface area contributed by atoms with Crippen LogP contribution < -0.4 is 10.9 Å². The molecule has 4 rings (SSSR count). The quantitative estimate of drug-likeness (QED) is 0.614. The van der Waals surface area contributed by atoms with E-state index in [4.69, 9.17) is 0 Å². The lowest BCUT2D eigenvalue weighted by Crippen LogP contribution is -2.23. The molecule has 0 bridgehead atoms. The van der Waals surface area contributed by atoms with Crippen LogP contribution in [0.3, 0.4) is 0 Å². The molecule has 0 atom stereocenters. The van der Waals surface area contributed by atoms with Gasteiger partial charge in [-0.15, -0.1) is 0 Å². The third-order valence-corrected chi connectivity index (χ3v) is 3.70. The number of anilines is 2. The van der Waals surface area contributed by atoms with E-state index in [1.165, 1.54) is 18.3 Å². The Morgan fingerprint density at radius 1 is 0.962 bits per heavy atom. The van der Waals surface area contributed by atoms with Crippen molar-refractivity contribution in [2.24, 2.45) is 0 Å². The summed E-state index contributed by atoms with van der Waals surface area (Å²) in [4.78, 5) is 25.1. The van der Waals surface area contributed by atoms with Crippen LogP contribution in [0.5, 0.6) is 0 Å². The van der Waals surface area contributed by atoms with E-state index in [0.29, 0.717) is 11.2 Å². The van der Waals surface area contributed by atoms with Crippen molar-refractivity contribution in [1.82, 2.24) is 19.5 Å². The first-order valence-electron chi connectivity index (χ1n) is 7.62. The molecule has 26 heavy (non-hydrogen) atoms. The maximum absolute atomic E-state index is 13.6. The van der Waals surface area contributed by atoms with E-state index in [1.807, 2.05) is 0 Å². The van der Waals surface area contributed by atoms with Crippen LogP contribution in [0.15, 0.2) is 66.0 Å². The van der Waals surface area contributed by atoms with Crippen LogP contribution in [0.1, 0.15) is 0 Å². The molecule has 0 spiro atoms. The van der Waals surface area contributed by atoms with Gasteiger partial charge < -0.3 is 5.32 Å². The first kappa shape index (κ1) is 15.8. The first-order valence-corrected chi connectivity index (χ1v) is 7.62. The van der Waals surface area contributed by atoms with Gasteiger partial charge in [-0.05, 0) is 30.3 Å². The van der Waals surface area contributed by atoms with Crippen molar-refractivity contribution in [2.75, 3.05) is 5.32 Å². The number of benzene rings is 1. The number of nitrogens with zero attached hydrogens (tertiary/aromatic N) is 4. The highest BCUT2D eigenvalue weighted by molar-refractivity contribution is 5.80. The Bertz CT molecular complexity index is 1160. The molecule has 0 saturated carbocycles. The van der Waals surface area contributed by atoms with Gasteiger partial charge in [0.2, 0.25) is 5.95 Å². The zero-order valence-corrected chi connectivity index (χ0v) is 13.2. The lowest BCUT2D eigenvalue weighted by molar-refractivity contribution is 0.619. The Labute approximate surface area is 145 Å². The molecule has 6 nitrogen and oxygen atoms in total. The van der Waals surface area contributed by atoms with Gasteiger partial charge in [0.05, 0.1) is 40.9 Å². The number of hydrogen-bond acceptors (Lipinski definition) is 5. The summed E-state index contributed by atoms with van der Waals surface area (Å²) in [7, 11) is 0. The highest BCUT2D eigenvalue weighted by atomic mass is 19.1. The molecular formula is C18H11F2N5O. The number of halogens is 2. The predicted molar refractivity (Wildman–Crippen MR) is 92.6 cm³/mol. The molecule has 0 aliphatic rings. The number of pyridine rings is 2. The highest BCUT2D eigenvalue weighted by Crippen LogP contribution is 2.20. The van der Waals surface area contributed by atoms with Crippen molar-refractivity contribution in [1.29, 1.82) is 0 Å². The van der Waals surface area contributed by atoms with E-state index in [-0.39, 0.29) is 17.0 Å². The zero-order chi connectivity index (χ0) is 18.1. The Morgan fingerprint density at radius 3 is 2.62 bits per heavy atom. The second-order valence-electron chi connectivity index (χ2n) is 5.47. The summed E-state index contributed by atoms with van der Waals surface area (Å²) >= 11 is 0. The Balaban J connectivity index is 2.00. The van der Waals surface area contributed by atoms with Gasteiger partial charge >= 0.3 is 0 Å². The van der Waals surface area contributed by atoms with Crippen LogP contribution in [0, 0.1) is 11.6 Å². The van der Waals surface area contributed by atoms with E-state index in [0.717, 1.165) is 22.9 Å². The lowest BCUT2D eigenvalue weighted by Gasteiger charge is -2.14. The van der Waals surface area contributed by atoms with Gasteiger partial charge in [-0.2, -0.15) is 0 Å². The number of rotatable bonds is 3. The van der Waals surface area contributed by atoms with E-state index in [9.17, 15) is 13.6 Å². The van der Waals surface area contributed by atoms with Gasteiger partial charge in [-0.3, -0.25) is 14.8 Å². The maximum Gasteiger partial charge on any atom is 0.267 e. The molecule has 0 saturated heterocycles. The van der Waals surface area contributed by atoms with Crippen LogP contribution in [0.4, 0.5) is 20.4 Å². The third-order valence-electron chi connectivity index (χ3n) is 3.70. The minimum absolute atomic E-state index is 0.0750. The molecule has 0 aliphatic heterocycles. The van der Waals surface area contributed by atoms with E-state index in [2.05, 4.69) is 20.3 Å². The van der Waals surface area contributed by atoms with Gasteiger partial charge in [0.25, 0.3) is 5.56 Å². The molecule has 0 unspecified atom stereocenters. The molecule has 0 fully saturated rings. The SMILES string of the molecule is O=c1c2cc(F)ccc2nc(Nc2cccnc2)n1-c1cncc(F)c1. The fraction of sp³-hybridized carbons (Fsp3) is 0. The van der Waals surface area contributed by atoms with Crippen molar-refractivity contribution < 1.29 is 8.78 Å². The molecule has 3 aromatic heterocycles. The van der Waals surface area contributed by atoms with Crippen molar-refractivity contribution in [2.45, 2.75) is 0 Å². The van der Waals surface area contributed by atoms with Crippen molar-refractivity contribution in [3.05, 3.63) is 83.2 Å². The smallest absolute Gasteiger partial charge is 0.267 e. The topological polar surface area (TPSA) is 72.7 Å². The van der Waals surface area contributed by atoms with Crippen molar-refractivity contribution in [3.8, 4) is 5.69 Å². The van der Waals surface area contributed by atoms with Crippen LogP contribution >= 0.6 is 0 Å². The minimum Gasteiger partial charge on any atom is -0.324 e. The third kappa shape index (κ3) is 2.88.